The van der Waals surface area contributed by atoms with Crippen LogP contribution in [-0.2, 0) is 4.79 Å². The van der Waals surface area contributed by atoms with Crippen LogP contribution in [0.5, 0.6) is 17.2 Å². The van der Waals surface area contributed by atoms with Crippen LogP contribution in [-0.4, -0.2) is 47.3 Å². The number of fused-ring (bicyclic) bond motifs is 1. The van der Waals surface area contributed by atoms with E-state index in [0.29, 0.717) is 39.8 Å². The first-order chi connectivity index (χ1) is 19.3. The number of aliphatic imine (C=N–C) groups is 1. The average molecular weight is 581 g/mol. The van der Waals surface area contributed by atoms with Gasteiger partial charge in [0.15, 0.2) is 17.3 Å². The van der Waals surface area contributed by atoms with Crippen LogP contribution in [0.1, 0.15) is 63.0 Å². The quantitative estimate of drug-likeness (QED) is 0.250. The van der Waals surface area contributed by atoms with Crippen molar-refractivity contribution < 1.29 is 19.0 Å². The van der Waals surface area contributed by atoms with Gasteiger partial charge in [-0.25, -0.2) is 0 Å². The Kier molecular flexibility index (Phi) is 8.81. The van der Waals surface area contributed by atoms with Gasteiger partial charge in [-0.1, -0.05) is 56.8 Å². The number of amidine groups is 2. The summed E-state index contributed by atoms with van der Waals surface area (Å²) in [4.78, 5) is 16.9. The lowest BCUT2D eigenvalue weighted by Crippen LogP contribution is -2.35. The Balaban J connectivity index is 1.22. The van der Waals surface area contributed by atoms with Crippen molar-refractivity contribution in [2.24, 2.45) is 16.0 Å². The predicted molar refractivity (Wildman–Crippen MR) is 161 cm³/mol. The molecule has 1 aliphatic carbocycles. The Morgan fingerprint density at radius 3 is 2.55 bits per heavy atom. The second-order valence-corrected chi connectivity index (χ2v) is 11.6. The van der Waals surface area contributed by atoms with E-state index in [0.717, 1.165) is 10.8 Å². The molecule has 2 aromatic carbocycles. The fourth-order valence-corrected chi connectivity index (χ4v) is 6.11. The summed E-state index contributed by atoms with van der Waals surface area (Å²) >= 11 is 7.87. The normalized spacial score (nSPS) is 18.6. The first-order valence-electron chi connectivity index (χ1n) is 13.6. The van der Waals surface area contributed by atoms with Crippen LogP contribution < -0.4 is 14.2 Å². The first kappa shape index (κ1) is 28.2. The summed E-state index contributed by atoms with van der Waals surface area (Å²) in [5, 5.41) is 15.9. The molecular weight excluding hydrogens is 548 g/mol. The Labute approximate surface area is 243 Å². The molecule has 210 valence electrons. The number of nitrogens with one attached hydrogen (secondary N) is 1. The lowest BCUT2D eigenvalue weighted by atomic mass is 9.84. The third-order valence-corrected chi connectivity index (χ3v) is 8.57. The maximum atomic E-state index is 12.7. The summed E-state index contributed by atoms with van der Waals surface area (Å²) in [6.07, 6.45) is 8.08. The van der Waals surface area contributed by atoms with E-state index in [1.54, 1.807) is 18.2 Å². The fourth-order valence-electron chi connectivity index (χ4n) is 4.95. The smallest absolute Gasteiger partial charge is 0.283 e. The molecule has 0 saturated heterocycles. The third kappa shape index (κ3) is 6.20. The number of halogens is 1. The molecular formula is C30H33ClN4O4S. The van der Waals surface area contributed by atoms with Crippen LogP contribution in [0.15, 0.2) is 52.1 Å². The maximum absolute atomic E-state index is 12.7. The van der Waals surface area contributed by atoms with Crippen molar-refractivity contribution in [3.05, 3.63) is 58.1 Å². The zero-order chi connectivity index (χ0) is 28.2. The second-order valence-electron chi connectivity index (χ2n) is 10.2. The number of benzene rings is 2. The predicted octanol–water partition coefficient (Wildman–Crippen LogP) is 7.13. The van der Waals surface area contributed by atoms with Crippen molar-refractivity contribution in [1.29, 1.82) is 5.41 Å². The number of carbonyl (C=O) groups excluding carboxylic acids is 1. The first-order valence-corrected chi connectivity index (χ1v) is 14.8. The van der Waals surface area contributed by atoms with Gasteiger partial charge in [0.1, 0.15) is 24.0 Å². The summed E-state index contributed by atoms with van der Waals surface area (Å²) in [5.41, 5.74) is 2.09. The van der Waals surface area contributed by atoms with E-state index in [4.69, 9.17) is 31.2 Å². The Morgan fingerprint density at radius 2 is 1.85 bits per heavy atom. The molecule has 0 bridgehead atoms. The van der Waals surface area contributed by atoms with E-state index < -0.39 is 5.91 Å². The van der Waals surface area contributed by atoms with Crippen LogP contribution in [0, 0.1) is 11.3 Å². The molecule has 1 saturated carbocycles. The van der Waals surface area contributed by atoms with Crippen molar-refractivity contribution in [1.82, 2.24) is 5.01 Å². The molecule has 1 amide bonds. The Bertz CT molecular complexity index is 1380. The minimum atomic E-state index is -0.497. The van der Waals surface area contributed by atoms with Crippen LogP contribution >= 0.6 is 23.4 Å². The second kappa shape index (κ2) is 12.5. The van der Waals surface area contributed by atoms with Gasteiger partial charge in [0.05, 0.1) is 17.7 Å². The van der Waals surface area contributed by atoms with Crippen LogP contribution in [0.2, 0.25) is 5.02 Å². The Hall–Kier alpha value is -3.30. The highest BCUT2D eigenvalue weighted by Crippen LogP contribution is 2.38. The van der Waals surface area contributed by atoms with Crippen LogP contribution in [0.3, 0.4) is 0 Å². The molecule has 2 aromatic rings. The van der Waals surface area contributed by atoms with E-state index in [1.165, 1.54) is 61.5 Å². The van der Waals surface area contributed by atoms with Crippen molar-refractivity contribution in [2.45, 2.75) is 51.9 Å². The molecule has 3 aliphatic rings. The molecule has 1 fully saturated rings. The molecule has 1 N–H and O–H groups in total. The summed E-state index contributed by atoms with van der Waals surface area (Å²) < 4.78 is 17.3. The number of nitrogens with zero attached hydrogens (tertiary/aromatic N) is 3. The lowest BCUT2D eigenvalue weighted by Gasteiger charge is -2.22. The van der Waals surface area contributed by atoms with Crippen LogP contribution in [0.25, 0.3) is 6.08 Å². The number of amides is 1. The zero-order valence-corrected chi connectivity index (χ0v) is 24.5. The van der Waals surface area contributed by atoms with E-state index in [1.807, 2.05) is 26.0 Å². The minimum absolute atomic E-state index is 0.0301. The van der Waals surface area contributed by atoms with Crippen molar-refractivity contribution in [3.63, 3.8) is 0 Å². The van der Waals surface area contributed by atoms with Gasteiger partial charge in [0.2, 0.25) is 5.17 Å². The summed E-state index contributed by atoms with van der Waals surface area (Å²) in [6, 6.07) is 11.7. The number of hydrogen-bond acceptors (Lipinski definition) is 7. The SMILES string of the molecule is COc1cc(C=C2C(=N)N3N=C(C(C)C)SC3=NC2=O)cc(Cl)c1OCCOc1ccc(C2CCCCC2)cc1. The number of carbonyl (C=O) groups is 1. The van der Waals surface area contributed by atoms with E-state index in [9.17, 15) is 4.79 Å². The average Bonchev–Trinajstić information content (AvgIpc) is 3.39. The summed E-state index contributed by atoms with van der Waals surface area (Å²) in [7, 11) is 1.52. The van der Waals surface area contributed by atoms with Gasteiger partial charge < -0.3 is 14.2 Å². The molecule has 5 rings (SSSR count). The molecule has 0 unspecified atom stereocenters. The van der Waals surface area contributed by atoms with Gasteiger partial charge in [0.25, 0.3) is 5.91 Å². The number of hydrazone groups is 1. The standard InChI is InChI=1S/C30H33ClN4O4S/c1-18(2)29-34-35-27(32)23(28(36)33-30(35)40-29)15-19-16-24(31)26(25(17-19)37-3)39-14-13-38-22-11-9-21(10-12-22)20-7-5-4-6-8-20/h9-12,15-18,20,32H,4-8,13-14H2,1-3H3. The number of ether oxygens (including phenoxy) is 3. The number of methoxy groups -OCH3 is 1. The van der Waals surface area contributed by atoms with Gasteiger partial charge in [0, 0.05) is 5.92 Å². The van der Waals surface area contributed by atoms with Gasteiger partial charge in [-0.15, -0.1) is 0 Å². The zero-order valence-electron chi connectivity index (χ0n) is 22.9. The molecule has 40 heavy (non-hydrogen) atoms. The molecule has 8 nitrogen and oxygen atoms in total. The Morgan fingerprint density at radius 1 is 1.12 bits per heavy atom. The molecule has 2 aliphatic heterocycles. The lowest BCUT2D eigenvalue weighted by molar-refractivity contribution is -0.114. The van der Waals surface area contributed by atoms with Crippen LogP contribution in [0.4, 0.5) is 0 Å². The largest absolute Gasteiger partial charge is 0.493 e. The number of hydrogen-bond donors (Lipinski definition) is 1. The van der Waals surface area contributed by atoms with E-state index in [-0.39, 0.29) is 23.9 Å². The van der Waals surface area contributed by atoms with Gasteiger partial charge in [-0.3, -0.25) is 10.2 Å². The minimum Gasteiger partial charge on any atom is -0.493 e. The fraction of sp³-hybridized carbons (Fsp3) is 0.400. The molecule has 0 radical (unpaired) electrons. The molecule has 2 heterocycles. The topological polar surface area (TPSA) is 96.6 Å². The summed E-state index contributed by atoms with van der Waals surface area (Å²) in [6.45, 7) is 4.62. The maximum Gasteiger partial charge on any atom is 0.283 e. The van der Waals surface area contributed by atoms with E-state index in [2.05, 4.69) is 22.2 Å². The van der Waals surface area contributed by atoms with Gasteiger partial charge in [-0.05, 0) is 72.0 Å². The van der Waals surface area contributed by atoms with E-state index >= 15 is 0 Å². The highest BCUT2D eigenvalue weighted by atomic mass is 35.5. The number of thioether (sulfide) groups is 1. The highest BCUT2D eigenvalue weighted by Gasteiger charge is 2.36. The highest BCUT2D eigenvalue weighted by molar-refractivity contribution is 8.27. The molecule has 0 atom stereocenters. The molecule has 0 aromatic heterocycles. The monoisotopic (exact) mass is 580 g/mol. The van der Waals surface area contributed by atoms with Gasteiger partial charge >= 0.3 is 0 Å². The third-order valence-electron chi connectivity index (χ3n) is 7.08. The van der Waals surface area contributed by atoms with Gasteiger partial charge in [-0.2, -0.15) is 15.1 Å². The number of rotatable bonds is 9. The van der Waals surface area contributed by atoms with Crippen molar-refractivity contribution in [3.8, 4) is 17.2 Å². The van der Waals surface area contributed by atoms with Crippen molar-refractivity contribution >= 4 is 51.4 Å². The molecule has 0 spiro atoms. The molecule has 10 heteroatoms. The van der Waals surface area contributed by atoms with Crippen molar-refractivity contribution in [2.75, 3.05) is 20.3 Å². The summed E-state index contributed by atoms with van der Waals surface area (Å²) in [5.74, 6) is 1.90.